The number of azo groups is 1. The molecule has 5 nitrogen and oxygen atoms in total. The van der Waals surface area contributed by atoms with Gasteiger partial charge in [-0.25, -0.2) is 9.87 Å². The summed E-state index contributed by atoms with van der Waals surface area (Å²) < 4.78 is 15.1. The highest BCUT2D eigenvalue weighted by atomic mass is 19.1. The number of carbonyl (C=O) groups is 1. The van der Waals surface area contributed by atoms with Crippen LogP contribution in [0.2, 0.25) is 0 Å². The summed E-state index contributed by atoms with van der Waals surface area (Å²) in [7, 11) is 1.62. The number of hydroxylamine groups is 1. The Morgan fingerprint density at radius 1 is 1.46 bits per heavy atom. The molecule has 0 radical (unpaired) electrons. The van der Waals surface area contributed by atoms with Crippen LogP contribution in [-0.2, 0) is 10.2 Å². The minimum Gasteiger partial charge on any atom is -0.289 e. The third-order valence-electron chi connectivity index (χ3n) is 5.43. The number of benzene rings is 1. The first-order valence-corrected chi connectivity index (χ1v) is 8.80. The Balaban J connectivity index is 1.95. The topological polar surface area (TPSA) is 74.0 Å². The van der Waals surface area contributed by atoms with Crippen molar-refractivity contribution in [3.8, 4) is 0 Å². The molecule has 2 N–H and O–H groups in total. The second-order valence-corrected chi connectivity index (χ2v) is 7.17. The lowest BCUT2D eigenvalue weighted by atomic mass is 9.83. The van der Waals surface area contributed by atoms with Gasteiger partial charge in [0.05, 0.1) is 5.70 Å². The van der Waals surface area contributed by atoms with E-state index in [-0.39, 0.29) is 5.92 Å². The van der Waals surface area contributed by atoms with Crippen molar-refractivity contribution in [2.24, 2.45) is 22.1 Å². The van der Waals surface area contributed by atoms with Gasteiger partial charge in [0.1, 0.15) is 0 Å². The standard InChI is InChI=1S/C20H24FN3O2/c1-12-6-4-5-7-15(12)20(18(21)19(25)24-26)11-16(20)13(2)10-17(23-22-3)14-8-9-14/h4-7,10,14,16,18,26H,2,8-9,11H2,1,3H3,(H,24,25)/b17-10-,23-22-/t16-,18?,20+/m1/s1. The highest BCUT2D eigenvalue weighted by Crippen LogP contribution is 2.62. The van der Waals surface area contributed by atoms with Crippen molar-refractivity contribution in [3.05, 3.63) is 59.3 Å². The predicted octanol–water partition coefficient (Wildman–Crippen LogP) is 4.03. The molecule has 6 heteroatoms. The van der Waals surface area contributed by atoms with Crippen LogP contribution in [0.5, 0.6) is 0 Å². The molecule has 138 valence electrons. The van der Waals surface area contributed by atoms with E-state index in [0.29, 0.717) is 12.3 Å². The van der Waals surface area contributed by atoms with Crippen molar-refractivity contribution in [2.75, 3.05) is 7.05 Å². The maximum absolute atomic E-state index is 15.1. The minimum absolute atomic E-state index is 0.225. The van der Waals surface area contributed by atoms with Gasteiger partial charge in [-0.05, 0) is 54.9 Å². The van der Waals surface area contributed by atoms with Crippen LogP contribution in [0.25, 0.3) is 0 Å². The monoisotopic (exact) mass is 357 g/mol. The number of carbonyl (C=O) groups excluding carboxylic acids is 1. The van der Waals surface area contributed by atoms with E-state index in [4.69, 9.17) is 5.21 Å². The Kier molecular flexibility index (Phi) is 5.05. The first-order valence-electron chi connectivity index (χ1n) is 8.80. The van der Waals surface area contributed by atoms with Crippen LogP contribution in [0.15, 0.2) is 58.4 Å². The second-order valence-electron chi connectivity index (χ2n) is 7.17. The summed E-state index contributed by atoms with van der Waals surface area (Å²) in [5.74, 6) is -0.858. The zero-order chi connectivity index (χ0) is 18.9. The molecular weight excluding hydrogens is 333 g/mol. The van der Waals surface area contributed by atoms with Gasteiger partial charge in [-0.3, -0.25) is 10.0 Å². The molecule has 3 atom stereocenters. The molecule has 0 bridgehead atoms. The summed E-state index contributed by atoms with van der Waals surface area (Å²) >= 11 is 0. The van der Waals surface area contributed by atoms with E-state index in [1.54, 1.807) is 7.05 Å². The predicted molar refractivity (Wildman–Crippen MR) is 96.5 cm³/mol. The number of allylic oxidation sites excluding steroid dienone is 3. The molecule has 0 aliphatic heterocycles. The number of alkyl halides is 1. The molecule has 2 saturated carbocycles. The number of rotatable bonds is 7. The highest BCUT2D eigenvalue weighted by molar-refractivity contribution is 5.83. The number of hydrogen-bond donors (Lipinski definition) is 2. The molecule has 1 amide bonds. The summed E-state index contributed by atoms with van der Waals surface area (Å²) in [4.78, 5) is 11.9. The van der Waals surface area contributed by atoms with Gasteiger partial charge in [-0.15, -0.1) is 0 Å². The summed E-state index contributed by atoms with van der Waals surface area (Å²) in [6.45, 7) is 6.03. The molecule has 0 aromatic heterocycles. The third-order valence-corrected chi connectivity index (χ3v) is 5.43. The van der Waals surface area contributed by atoms with Gasteiger partial charge in [0.25, 0.3) is 5.91 Å². The van der Waals surface area contributed by atoms with Gasteiger partial charge in [0.2, 0.25) is 0 Å². The summed E-state index contributed by atoms with van der Waals surface area (Å²) in [5, 5.41) is 17.0. The van der Waals surface area contributed by atoms with Crippen molar-refractivity contribution in [1.82, 2.24) is 5.48 Å². The molecule has 0 heterocycles. The molecule has 1 unspecified atom stereocenters. The fourth-order valence-electron chi connectivity index (χ4n) is 3.85. The van der Waals surface area contributed by atoms with Crippen LogP contribution >= 0.6 is 0 Å². The Morgan fingerprint density at radius 2 is 2.15 bits per heavy atom. The van der Waals surface area contributed by atoms with Crippen LogP contribution in [0.1, 0.15) is 30.4 Å². The van der Waals surface area contributed by atoms with E-state index in [1.165, 1.54) is 5.48 Å². The summed E-state index contributed by atoms with van der Waals surface area (Å²) in [6.07, 6.45) is 2.64. The smallest absolute Gasteiger partial charge is 0.278 e. The van der Waals surface area contributed by atoms with Crippen molar-refractivity contribution >= 4 is 5.91 Å². The minimum atomic E-state index is -1.86. The molecule has 2 aliphatic carbocycles. The molecule has 1 aromatic rings. The van der Waals surface area contributed by atoms with Gasteiger partial charge < -0.3 is 0 Å². The number of aryl methyl sites for hydroxylation is 1. The number of hydrogen-bond acceptors (Lipinski definition) is 4. The summed E-state index contributed by atoms with van der Waals surface area (Å²) in [6, 6.07) is 7.46. The van der Waals surface area contributed by atoms with E-state index in [2.05, 4.69) is 16.8 Å². The number of amides is 1. The van der Waals surface area contributed by atoms with E-state index in [9.17, 15) is 4.79 Å². The van der Waals surface area contributed by atoms with Crippen LogP contribution < -0.4 is 5.48 Å². The average molecular weight is 357 g/mol. The third kappa shape index (κ3) is 3.21. The quantitative estimate of drug-likeness (QED) is 0.335. The second kappa shape index (κ2) is 7.11. The van der Waals surface area contributed by atoms with Crippen molar-refractivity contribution in [2.45, 2.75) is 37.8 Å². The lowest BCUT2D eigenvalue weighted by molar-refractivity contribution is -0.135. The van der Waals surface area contributed by atoms with Crippen LogP contribution in [0.4, 0.5) is 4.39 Å². The Labute approximate surface area is 152 Å². The molecule has 26 heavy (non-hydrogen) atoms. The highest BCUT2D eigenvalue weighted by Gasteiger charge is 2.64. The zero-order valence-electron chi connectivity index (χ0n) is 15.1. The fraction of sp³-hybridized carbons (Fsp3) is 0.450. The SMILES string of the molecule is C=C(/C=C(\N=N/C)C1CC1)[C@H]1C[C@@]1(c1ccccc1C)C(F)C(=O)NO. The van der Waals surface area contributed by atoms with E-state index in [0.717, 1.165) is 35.2 Å². The van der Waals surface area contributed by atoms with E-state index in [1.807, 2.05) is 37.3 Å². The maximum atomic E-state index is 15.1. The van der Waals surface area contributed by atoms with Gasteiger partial charge >= 0.3 is 0 Å². The van der Waals surface area contributed by atoms with Crippen molar-refractivity contribution < 1.29 is 14.4 Å². The Morgan fingerprint density at radius 3 is 2.73 bits per heavy atom. The Bertz CT molecular complexity index is 785. The van der Waals surface area contributed by atoms with E-state index >= 15 is 4.39 Å². The van der Waals surface area contributed by atoms with Crippen LogP contribution in [0, 0.1) is 18.8 Å². The molecule has 0 spiro atoms. The number of nitrogens with one attached hydrogen (secondary N) is 1. The fourth-order valence-corrected chi connectivity index (χ4v) is 3.85. The largest absolute Gasteiger partial charge is 0.289 e. The van der Waals surface area contributed by atoms with Crippen LogP contribution in [0.3, 0.4) is 0 Å². The summed E-state index contributed by atoms with van der Waals surface area (Å²) in [5.41, 5.74) is 3.75. The van der Waals surface area contributed by atoms with Crippen molar-refractivity contribution in [1.29, 1.82) is 0 Å². The Hall–Kier alpha value is -2.34. The molecule has 2 aliphatic rings. The van der Waals surface area contributed by atoms with Crippen LogP contribution in [-0.4, -0.2) is 24.3 Å². The van der Waals surface area contributed by atoms with Gasteiger partial charge in [0, 0.05) is 18.4 Å². The van der Waals surface area contributed by atoms with Crippen molar-refractivity contribution in [3.63, 3.8) is 0 Å². The molecule has 3 rings (SSSR count). The first kappa shape index (κ1) is 18.5. The average Bonchev–Trinajstić information content (AvgIpc) is 3.54. The molecular formula is C20H24FN3O2. The zero-order valence-corrected chi connectivity index (χ0v) is 15.1. The van der Waals surface area contributed by atoms with Gasteiger partial charge in [-0.2, -0.15) is 10.2 Å². The first-order chi connectivity index (χ1) is 12.5. The number of nitrogens with zero attached hydrogens (tertiary/aromatic N) is 2. The normalized spacial score (nSPS) is 26.6. The van der Waals surface area contributed by atoms with Gasteiger partial charge in [0.15, 0.2) is 6.17 Å². The molecule has 0 saturated heterocycles. The molecule has 2 fully saturated rings. The number of halogens is 1. The molecule has 1 aromatic carbocycles. The van der Waals surface area contributed by atoms with E-state index < -0.39 is 17.5 Å². The lowest BCUT2D eigenvalue weighted by Gasteiger charge is -2.23. The van der Waals surface area contributed by atoms with Gasteiger partial charge in [-0.1, -0.05) is 30.8 Å². The maximum Gasteiger partial charge on any atom is 0.278 e. The lowest BCUT2D eigenvalue weighted by Crippen LogP contribution is -2.39.